The van der Waals surface area contributed by atoms with Crippen LogP contribution in [-0.2, 0) is 21.6 Å². The van der Waals surface area contributed by atoms with Crippen LogP contribution < -0.4 is 4.90 Å². The van der Waals surface area contributed by atoms with Crippen LogP contribution in [0, 0.1) is 0 Å². The lowest BCUT2D eigenvalue weighted by molar-refractivity contribution is -0.117. The molecule has 1 atom stereocenters. The van der Waals surface area contributed by atoms with Crippen LogP contribution in [0.4, 0.5) is 9.70 Å². The number of amides is 1. The van der Waals surface area contributed by atoms with Gasteiger partial charge in [0.15, 0.2) is 0 Å². The second-order valence-corrected chi connectivity index (χ2v) is 5.56. The van der Waals surface area contributed by atoms with Gasteiger partial charge >= 0.3 is 10.2 Å². The number of aromatic nitrogens is 2. The van der Waals surface area contributed by atoms with Gasteiger partial charge in [-0.25, -0.2) is 4.68 Å². The van der Waals surface area contributed by atoms with Crippen LogP contribution >= 0.6 is 0 Å². The molecular formula is C9H12FN3O4S. The van der Waals surface area contributed by atoms with E-state index in [1.54, 1.807) is 0 Å². The zero-order valence-electron chi connectivity index (χ0n) is 9.36. The van der Waals surface area contributed by atoms with E-state index >= 15 is 0 Å². The van der Waals surface area contributed by atoms with Crippen LogP contribution in [0.25, 0.3) is 0 Å². The van der Waals surface area contributed by atoms with Crippen LogP contribution in [0.1, 0.15) is 6.42 Å². The quantitative estimate of drug-likeness (QED) is 0.733. The number of carbonyl (C=O) groups is 1. The number of nitrogens with zero attached hydrogens (tertiary/aromatic N) is 3. The molecule has 1 aromatic rings. The van der Waals surface area contributed by atoms with E-state index in [0.717, 1.165) is 0 Å². The molecule has 0 aliphatic carbocycles. The molecule has 1 unspecified atom stereocenters. The summed E-state index contributed by atoms with van der Waals surface area (Å²) < 4.78 is 35.8. The number of aliphatic hydroxyl groups excluding tert-OH is 1. The van der Waals surface area contributed by atoms with Gasteiger partial charge in [-0.05, 0) is 0 Å². The van der Waals surface area contributed by atoms with Crippen molar-refractivity contribution in [2.24, 2.45) is 0 Å². The first-order chi connectivity index (χ1) is 8.43. The number of hydrogen-bond acceptors (Lipinski definition) is 5. The van der Waals surface area contributed by atoms with Crippen molar-refractivity contribution in [3.05, 3.63) is 12.3 Å². The predicted octanol–water partition coefficient (Wildman–Crippen LogP) is -0.720. The maximum absolute atomic E-state index is 12.9. The molecule has 0 aromatic carbocycles. The summed E-state index contributed by atoms with van der Waals surface area (Å²) in [5.74, 6) is -0.110. The fraction of sp³-hybridized carbons (Fsp3) is 0.556. The van der Waals surface area contributed by atoms with Gasteiger partial charge in [0.1, 0.15) is 11.1 Å². The van der Waals surface area contributed by atoms with Crippen molar-refractivity contribution in [3.8, 4) is 0 Å². The molecular weight excluding hydrogens is 265 g/mol. The Balaban J connectivity index is 2.24. The molecule has 1 saturated heterocycles. The Labute approximate surface area is 103 Å². The molecule has 2 rings (SSSR count). The van der Waals surface area contributed by atoms with Gasteiger partial charge in [-0.3, -0.25) is 9.69 Å². The molecule has 18 heavy (non-hydrogen) atoms. The van der Waals surface area contributed by atoms with Crippen LogP contribution in [-0.4, -0.2) is 47.6 Å². The van der Waals surface area contributed by atoms with Crippen molar-refractivity contribution in [1.29, 1.82) is 0 Å². The molecule has 2 heterocycles. The Morgan fingerprint density at radius 2 is 2.28 bits per heavy atom. The van der Waals surface area contributed by atoms with Crippen molar-refractivity contribution in [1.82, 2.24) is 9.78 Å². The summed E-state index contributed by atoms with van der Waals surface area (Å²) in [7, 11) is -4.73. The topological polar surface area (TPSA) is 92.5 Å². The van der Waals surface area contributed by atoms with Crippen molar-refractivity contribution in [2.45, 2.75) is 18.2 Å². The zero-order valence-corrected chi connectivity index (χ0v) is 10.2. The van der Waals surface area contributed by atoms with E-state index in [4.69, 9.17) is 5.11 Å². The number of hydrogen-bond donors (Lipinski definition) is 1. The molecule has 1 N–H and O–H groups in total. The van der Waals surface area contributed by atoms with Gasteiger partial charge in [0.05, 0.1) is 19.3 Å². The lowest BCUT2D eigenvalue weighted by Crippen LogP contribution is -2.29. The maximum atomic E-state index is 12.9. The van der Waals surface area contributed by atoms with E-state index in [1.165, 1.54) is 21.8 Å². The average molecular weight is 277 g/mol. The summed E-state index contributed by atoms with van der Waals surface area (Å²) in [5.41, 5.74) is 0. The molecule has 9 heteroatoms. The molecule has 1 aromatic heterocycles. The third kappa shape index (κ3) is 2.36. The highest BCUT2D eigenvalue weighted by Crippen LogP contribution is 2.25. The first kappa shape index (κ1) is 13.0. The molecule has 100 valence electrons. The lowest BCUT2D eigenvalue weighted by atomic mass is 10.4. The van der Waals surface area contributed by atoms with Gasteiger partial charge in [-0.2, -0.15) is 13.5 Å². The smallest absolute Gasteiger partial charge is 0.307 e. The Morgan fingerprint density at radius 1 is 1.56 bits per heavy atom. The molecule has 1 amide bonds. The van der Waals surface area contributed by atoms with Crippen LogP contribution in [0.2, 0.25) is 0 Å². The van der Waals surface area contributed by atoms with Gasteiger partial charge in [0, 0.05) is 19.0 Å². The van der Waals surface area contributed by atoms with E-state index in [0.29, 0.717) is 5.82 Å². The second-order valence-electron chi connectivity index (χ2n) is 3.94. The van der Waals surface area contributed by atoms with Crippen LogP contribution in [0.5, 0.6) is 0 Å². The second kappa shape index (κ2) is 4.65. The highest BCUT2D eigenvalue weighted by atomic mass is 32.3. The van der Waals surface area contributed by atoms with Crippen molar-refractivity contribution in [3.63, 3.8) is 0 Å². The third-order valence-corrected chi connectivity index (χ3v) is 3.88. The first-order valence-electron chi connectivity index (χ1n) is 5.30. The number of anilines is 1. The molecule has 1 fully saturated rings. The minimum Gasteiger partial charge on any atom is -0.394 e. The molecule has 1 aliphatic rings. The molecule has 1 aliphatic heterocycles. The standard InChI is InChI=1S/C9H12FN3O4S/c10-18(16,17)7-5-9(15)12(6-7)8-1-2-11-13(8)3-4-14/h1-2,7,14H,3-6H2. The number of carbonyl (C=O) groups excluding carboxylic acids is 1. The summed E-state index contributed by atoms with van der Waals surface area (Å²) in [6, 6.07) is 1.51. The highest BCUT2D eigenvalue weighted by Gasteiger charge is 2.40. The molecule has 0 radical (unpaired) electrons. The van der Waals surface area contributed by atoms with E-state index < -0.39 is 21.4 Å². The van der Waals surface area contributed by atoms with E-state index in [2.05, 4.69) is 5.10 Å². The summed E-state index contributed by atoms with van der Waals surface area (Å²) in [6.45, 7) is -0.213. The maximum Gasteiger partial charge on any atom is 0.307 e. The third-order valence-electron chi connectivity index (χ3n) is 2.77. The van der Waals surface area contributed by atoms with Crippen LogP contribution in [0.3, 0.4) is 0 Å². The Morgan fingerprint density at radius 3 is 2.83 bits per heavy atom. The monoisotopic (exact) mass is 277 g/mol. The molecule has 0 spiro atoms. The largest absolute Gasteiger partial charge is 0.394 e. The summed E-state index contributed by atoms with van der Waals surface area (Å²) in [4.78, 5) is 12.8. The highest BCUT2D eigenvalue weighted by molar-refractivity contribution is 7.87. The fourth-order valence-corrected chi connectivity index (χ4v) is 2.58. The predicted molar refractivity (Wildman–Crippen MR) is 60.1 cm³/mol. The zero-order chi connectivity index (χ0) is 13.3. The van der Waals surface area contributed by atoms with Gasteiger partial charge in [0.25, 0.3) is 0 Å². The number of aliphatic hydroxyl groups is 1. The van der Waals surface area contributed by atoms with Gasteiger partial charge in [-0.1, -0.05) is 0 Å². The number of rotatable bonds is 4. The van der Waals surface area contributed by atoms with Gasteiger partial charge < -0.3 is 5.11 Å². The van der Waals surface area contributed by atoms with Crippen molar-refractivity contribution in [2.75, 3.05) is 18.1 Å². The lowest BCUT2D eigenvalue weighted by Gasteiger charge is -2.17. The Kier molecular flexibility index (Phi) is 3.35. The minimum atomic E-state index is -4.73. The molecule has 0 bridgehead atoms. The van der Waals surface area contributed by atoms with Crippen LogP contribution in [0.15, 0.2) is 12.3 Å². The normalized spacial score (nSPS) is 20.7. The summed E-state index contributed by atoms with van der Waals surface area (Å²) in [5, 5.41) is 11.4. The summed E-state index contributed by atoms with van der Waals surface area (Å²) >= 11 is 0. The van der Waals surface area contributed by atoms with E-state index in [9.17, 15) is 17.1 Å². The van der Waals surface area contributed by atoms with Gasteiger partial charge in [0.2, 0.25) is 5.91 Å². The Bertz CT molecular complexity index is 556. The number of halogens is 1. The minimum absolute atomic E-state index is 0.165. The SMILES string of the molecule is O=C1CC(S(=O)(=O)F)CN1c1ccnn1CCO. The molecule has 0 saturated carbocycles. The first-order valence-corrected chi connectivity index (χ1v) is 6.74. The average Bonchev–Trinajstić information content (AvgIpc) is 2.84. The van der Waals surface area contributed by atoms with E-state index in [-0.39, 0.29) is 26.1 Å². The van der Waals surface area contributed by atoms with Crippen molar-refractivity contribution >= 4 is 21.9 Å². The van der Waals surface area contributed by atoms with Crippen molar-refractivity contribution < 1.29 is 22.2 Å². The Hall–Kier alpha value is -1.48. The molecule has 7 nitrogen and oxygen atoms in total. The summed E-state index contributed by atoms with van der Waals surface area (Å²) in [6.07, 6.45) is 1.05. The van der Waals surface area contributed by atoms with E-state index in [1.807, 2.05) is 0 Å². The fourth-order valence-electron chi connectivity index (χ4n) is 1.91. The van der Waals surface area contributed by atoms with Gasteiger partial charge in [-0.15, -0.1) is 3.89 Å².